The summed E-state index contributed by atoms with van der Waals surface area (Å²) >= 11 is 0. The van der Waals surface area contributed by atoms with E-state index < -0.39 is 0 Å². The van der Waals surface area contributed by atoms with Crippen LogP contribution in [0.2, 0.25) is 0 Å². The number of ether oxygens (including phenoxy) is 1. The van der Waals surface area contributed by atoms with E-state index in [1.807, 2.05) is 36.4 Å². The number of nitrogens with one attached hydrogen (secondary N) is 1. The fourth-order valence-corrected chi connectivity index (χ4v) is 2.61. The highest BCUT2D eigenvalue weighted by atomic mass is 16.5. The molecule has 3 aromatic rings. The summed E-state index contributed by atoms with van der Waals surface area (Å²) in [7, 11) is 0. The second-order valence-corrected chi connectivity index (χ2v) is 6.53. The fraction of sp³-hybridized carbons (Fsp3) is 0.174. The van der Waals surface area contributed by atoms with E-state index in [1.54, 1.807) is 6.21 Å². The average Bonchev–Trinajstić information content (AvgIpc) is 2.64. The second kappa shape index (κ2) is 8.34. The molecule has 0 atom stereocenters. The van der Waals surface area contributed by atoms with Crippen LogP contribution in [0.5, 0.6) is 5.75 Å². The van der Waals surface area contributed by atoms with Crippen LogP contribution in [-0.4, -0.2) is 6.21 Å². The van der Waals surface area contributed by atoms with Crippen LogP contribution in [0.1, 0.15) is 27.8 Å². The van der Waals surface area contributed by atoms with Crippen molar-refractivity contribution >= 4 is 11.9 Å². The van der Waals surface area contributed by atoms with Gasteiger partial charge < -0.3 is 4.74 Å². The van der Waals surface area contributed by atoms with Gasteiger partial charge in [-0.05, 0) is 61.7 Å². The summed E-state index contributed by atoms with van der Waals surface area (Å²) in [6.07, 6.45) is 1.80. The van der Waals surface area contributed by atoms with Crippen LogP contribution in [0, 0.1) is 20.8 Å². The molecule has 3 nitrogen and oxygen atoms in total. The number of anilines is 1. The van der Waals surface area contributed by atoms with Gasteiger partial charge in [-0.1, -0.05) is 53.6 Å². The maximum Gasteiger partial charge on any atom is 0.120 e. The summed E-state index contributed by atoms with van der Waals surface area (Å²) in [6, 6.07) is 22.5. The zero-order valence-electron chi connectivity index (χ0n) is 15.5. The highest BCUT2D eigenvalue weighted by molar-refractivity contribution is 5.80. The number of benzene rings is 3. The SMILES string of the molecule is Cc1ccc(NN=Cc2cccc(OCc3cc(C)ccc3C)c2)cc1. The lowest BCUT2D eigenvalue weighted by atomic mass is 10.1. The standard InChI is InChI=1S/C23H24N2O/c1-17-8-11-22(12-9-17)25-24-15-20-5-4-6-23(14-20)26-16-21-13-18(2)7-10-19(21)3/h4-15,25H,16H2,1-3H3. The molecule has 0 bridgehead atoms. The minimum atomic E-state index is 0.565. The molecule has 0 aliphatic heterocycles. The summed E-state index contributed by atoms with van der Waals surface area (Å²) in [4.78, 5) is 0. The van der Waals surface area contributed by atoms with Crippen molar-refractivity contribution in [1.82, 2.24) is 0 Å². The number of hydrogen-bond acceptors (Lipinski definition) is 3. The molecule has 3 heteroatoms. The van der Waals surface area contributed by atoms with Gasteiger partial charge in [0.25, 0.3) is 0 Å². The number of hydrogen-bond donors (Lipinski definition) is 1. The quantitative estimate of drug-likeness (QED) is 0.464. The largest absolute Gasteiger partial charge is 0.489 e. The van der Waals surface area contributed by atoms with Gasteiger partial charge in [-0.3, -0.25) is 5.43 Å². The molecule has 0 radical (unpaired) electrons. The molecule has 0 saturated carbocycles. The van der Waals surface area contributed by atoms with Crippen LogP contribution in [-0.2, 0) is 6.61 Å². The Kier molecular flexibility index (Phi) is 5.69. The van der Waals surface area contributed by atoms with Crippen LogP contribution in [0.4, 0.5) is 5.69 Å². The molecule has 1 N–H and O–H groups in total. The van der Waals surface area contributed by atoms with Gasteiger partial charge in [-0.2, -0.15) is 5.10 Å². The molecule has 132 valence electrons. The lowest BCUT2D eigenvalue weighted by Crippen LogP contribution is -1.99. The first-order valence-corrected chi connectivity index (χ1v) is 8.75. The molecule has 3 rings (SSSR count). The lowest BCUT2D eigenvalue weighted by Gasteiger charge is -2.10. The zero-order valence-corrected chi connectivity index (χ0v) is 15.5. The Hall–Kier alpha value is -3.07. The highest BCUT2D eigenvalue weighted by Crippen LogP contribution is 2.17. The minimum absolute atomic E-state index is 0.565. The van der Waals surface area contributed by atoms with Crippen molar-refractivity contribution in [1.29, 1.82) is 0 Å². The highest BCUT2D eigenvalue weighted by Gasteiger charge is 2.01. The smallest absolute Gasteiger partial charge is 0.120 e. The number of hydrazone groups is 1. The molecule has 0 saturated heterocycles. The first-order chi connectivity index (χ1) is 12.6. The molecule has 26 heavy (non-hydrogen) atoms. The predicted octanol–water partition coefficient (Wildman–Crippen LogP) is 5.64. The maximum atomic E-state index is 5.96. The maximum absolute atomic E-state index is 5.96. The van der Waals surface area contributed by atoms with Gasteiger partial charge in [0, 0.05) is 0 Å². The first-order valence-electron chi connectivity index (χ1n) is 8.75. The van der Waals surface area contributed by atoms with E-state index in [9.17, 15) is 0 Å². The van der Waals surface area contributed by atoms with Crippen LogP contribution >= 0.6 is 0 Å². The Morgan fingerprint density at radius 1 is 0.885 bits per heavy atom. The van der Waals surface area contributed by atoms with Crippen LogP contribution in [0.25, 0.3) is 0 Å². The Bertz CT molecular complexity index is 898. The van der Waals surface area contributed by atoms with Crippen LogP contribution < -0.4 is 10.2 Å². The summed E-state index contributed by atoms with van der Waals surface area (Å²) in [5, 5.41) is 4.30. The van der Waals surface area contributed by atoms with Gasteiger partial charge in [-0.15, -0.1) is 0 Å². The molecule has 0 aliphatic carbocycles. The third kappa shape index (κ3) is 4.96. The topological polar surface area (TPSA) is 33.6 Å². The lowest BCUT2D eigenvalue weighted by molar-refractivity contribution is 0.305. The molecule has 3 aromatic carbocycles. The number of nitrogens with zero attached hydrogens (tertiary/aromatic N) is 1. The summed E-state index contributed by atoms with van der Waals surface area (Å²) < 4.78 is 5.96. The molecule has 0 aromatic heterocycles. The van der Waals surface area contributed by atoms with E-state index in [1.165, 1.54) is 22.3 Å². The van der Waals surface area contributed by atoms with Gasteiger partial charge in [0.1, 0.15) is 12.4 Å². The normalized spacial score (nSPS) is 10.9. The summed E-state index contributed by atoms with van der Waals surface area (Å²) in [5.74, 6) is 0.838. The summed E-state index contributed by atoms with van der Waals surface area (Å²) in [6.45, 7) is 6.84. The van der Waals surface area contributed by atoms with Gasteiger partial charge in [0.2, 0.25) is 0 Å². The van der Waals surface area contributed by atoms with Gasteiger partial charge in [0.15, 0.2) is 0 Å². The summed E-state index contributed by atoms with van der Waals surface area (Å²) in [5.41, 5.74) is 9.93. The molecule has 0 heterocycles. The molecule has 0 spiro atoms. The van der Waals surface area contributed by atoms with E-state index in [0.717, 1.165) is 17.0 Å². The minimum Gasteiger partial charge on any atom is -0.489 e. The van der Waals surface area contributed by atoms with Crippen molar-refractivity contribution in [3.05, 3.63) is 94.5 Å². The number of aryl methyl sites for hydroxylation is 3. The van der Waals surface area contributed by atoms with Gasteiger partial charge in [0.05, 0.1) is 11.9 Å². The van der Waals surface area contributed by atoms with E-state index in [0.29, 0.717) is 6.61 Å². The van der Waals surface area contributed by atoms with Crippen LogP contribution in [0.15, 0.2) is 71.8 Å². The van der Waals surface area contributed by atoms with E-state index in [2.05, 4.69) is 61.6 Å². The second-order valence-electron chi connectivity index (χ2n) is 6.53. The fourth-order valence-electron chi connectivity index (χ4n) is 2.61. The Labute approximate surface area is 155 Å². The van der Waals surface area contributed by atoms with Gasteiger partial charge >= 0.3 is 0 Å². The first kappa shape index (κ1) is 17.7. The number of rotatable bonds is 6. The van der Waals surface area contributed by atoms with E-state index >= 15 is 0 Å². The van der Waals surface area contributed by atoms with Crippen molar-refractivity contribution < 1.29 is 4.74 Å². The van der Waals surface area contributed by atoms with E-state index in [-0.39, 0.29) is 0 Å². The van der Waals surface area contributed by atoms with Crippen molar-refractivity contribution in [3.63, 3.8) is 0 Å². The molecule has 0 aliphatic rings. The molecular weight excluding hydrogens is 320 g/mol. The monoisotopic (exact) mass is 344 g/mol. The molecule has 0 fully saturated rings. The average molecular weight is 344 g/mol. The Morgan fingerprint density at radius 2 is 1.65 bits per heavy atom. The molecular formula is C23H24N2O. The third-order valence-electron chi connectivity index (χ3n) is 4.22. The molecule has 0 unspecified atom stereocenters. The Morgan fingerprint density at radius 3 is 2.46 bits per heavy atom. The third-order valence-corrected chi connectivity index (χ3v) is 4.22. The van der Waals surface area contributed by atoms with Crippen molar-refractivity contribution in [2.24, 2.45) is 5.10 Å². The molecule has 0 amide bonds. The zero-order chi connectivity index (χ0) is 18.4. The van der Waals surface area contributed by atoms with Crippen molar-refractivity contribution in [2.75, 3.05) is 5.43 Å². The van der Waals surface area contributed by atoms with E-state index in [4.69, 9.17) is 4.74 Å². The Balaban J connectivity index is 1.61. The van der Waals surface area contributed by atoms with Crippen molar-refractivity contribution in [3.8, 4) is 5.75 Å². The predicted molar refractivity (Wildman–Crippen MR) is 109 cm³/mol. The van der Waals surface area contributed by atoms with Crippen LogP contribution in [0.3, 0.4) is 0 Å². The van der Waals surface area contributed by atoms with Crippen molar-refractivity contribution in [2.45, 2.75) is 27.4 Å². The van der Waals surface area contributed by atoms with Gasteiger partial charge in [-0.25, -0.2) is 0 Å².